The Morgan fingerprint density at radius 2 is 2.17 bits per heavy atom. The molecule has 0 spiro atoms. The molecule has 0 bridgehead atoms. The summed E-state index contributed by atoms with van der Waals surface area (Å²) in [5, 5.41) is 8.73. The van der Waals surface area contributed by atoms with E-state index in [2.05, 4.69) is 6.07 Å². The van der Waals surface area contributed by atoms with Crippen molar-refractivity contribution in [3.63, 3.8) is 0 Å². The summed E-state index contributed by atoms with van der Waals surface area (Å²) in [6.45, 7) is 2.25. The van der Waals surface area contributed by atoms with Crippen LogP contribution in [-0.2, 0) is 11.2 Å². The zero-order valence-electron chi connectivity index (χ0n) is 11.0. The summed E-state index contributed by atoms with van der Waals surface area (Å²) in [6.07, 6.45) is 0.290. The lowest BCUT2D eigenvalue weighted by Gasteiger charge is -2.18. The van der Waals surface area contributed by atoms with E-state index in [9.17, 15) is 4.79 Å². The van der Waals surface area contributed by atoms with Gasteiger partial charge in [-0.05, 0) is 13.0 Å². The quantitative estimate of drug-likeness (QED) is 0.796. The molecule has 0 aromatic heterocycles. The van der Waals surface area contributed by atoms with Gasteiger partial charge in [0.2, 0.25) is 5.91 Å². The zero-order chi connectivity index (χ0) is 13.5. The van der Waals surface area contributed by atoms with E-state index in [4.69, 9.17) is 10.00 Å². The van der Waals surface area contributed by atoms with Crippen molar-refractivity contribution in [2.45, 2.75) is 13.3 Å². The molecule has 0 aliphatic rings. The molecule has 96 valence electrons. The second kappa shape index (κ2) is 6.65. The van der Waals surface area contributed by atoms with Crippen molar-refractivity contribution in [3.05, 3.63) is 29.8 Å². The fourth-order valence-corrected chi connectivity index (χ4v) is 1.70. The number of likely N-dealkylation sites (N-methyl/N-ethyl adjacent to an activating group) is 1. The van der Waals surface area contributed by atoms with E-state index in [-0.39, 0.29) is 11.8 Å². The molecule has 1 aromatic carbocycles. The van der Waals surface area contributed by atoms with Crippen LogP contribution in [0.15, 0.2) is 24.3 Å². The molecule has 0 N–H and O–H groups in total. The number of hydrogen-bond donors (Lipinski definition) is 0. The average Bonchev–Trinajstić information content (AvgIpc) is 2.39. The van der Waals surface area contributed by atoms with Gasteiger partial charge in [-0.1, -0.05) is 18.2 Å². The molecule has 0 radical (unpaired) electrons. The number of carbonyl (C=O) groups excluding carboxylic acids is 1. The third-order valence-electron chi connectivity index (χ3n) is 2.73. The highest BCUT2D eigenvalue weighted by atomic mass is 16.5. The first-order valence-corrected chi connectivity index (χ1v) is 5.84. The number of carbonyl (C=O) groups is 1. The van der Waals surface area contributed by atoms with Gasteiger partial charge in [0.05, 0.1) is 25.5 Å². The molecule has 1 rings (SSSR count). The Morgan fingerprint density at radius 1 is 1.50 bits per heavy atom. The zero-order valence-corrected chi connectivity index (χ0v) is 11.0. The fraction of sp³-hybridized carbons (Fsp3) is 0.429. The van der Waals surface area contributed by atoms with Gasteiger partial charge in [-0.3, -0.25) is 4.79 Å². The molecular formula is C14H18N2O2. The molecule has 18 heavy (non-hydrogen) atoms. The second-order valence-electron chi connectivity index (χ2n) is 4.29. The Labute approximate surface area is 108 Å². The van der Waals surface area contributed by atoms with Crippen LogP contribution in [0.25, 0.3) is 0 Å². The molecule has 0 heterocycles. The maximum absolute atomic E-state index is 12.0. The van der Waals surface area contributed by atoms with Gasteiger partial charge >= 0.3 is 0 Å². The summed E-state index contributed by atoms with van der Waals surface area (Å²) in [6, 6.07) is 9.57. The molecule has 0 saturated carbocycles. The number of methoxy groups -OCH3 is 1. The second-order valence-corrected chi connectivity index (χ2v) is 4.29. The Bertz CT molecular complexity index is 451. The van der Waals surface area contributed by atoms with Gasteiger partial charge < -0.3 is 9.64 Å². The van der Waals surface area contributed by atoms with E-state index >= 15 is 0 Å². The summed E-state index contributed by atoms with van der Waals surface area (Å²) in [7, 11) is 3.30. The lowest BCUT2D eigenvalue weighted by atomic mass is 10.1. The van der Waals surface area contributed by atoms with Crippen LogP contribution in [0.5, 0.6) is 5.75 Å². The lowest BCUT2D eigenvalue weighted by Crippen LogP contribution is -2.31. The van der Waals surface area contributed by atoms with Crippen molar-refractivity contribution < 1.29 is 9.53 Å². The highest BCUT2D eigenvalue weighted by Gasteiger charge is 2.14. The van der Waals surface area contributed by atoms with Crippen LogP contribution in [0.4, 0.5) is 0 Å². The largest absolute Gasteiger partial charge is 0.496 e. The summed E-state index contributed by atoms with van der Waals surface area (Å²) in [4.78, 5) is 13.6. The Morgan fingerprint density at radius 3 is 2.78 bits per heavy atom. The normalized spacial score (nSPS) is 11.4. The maximum atomic E-state index is 12.0. The number of benzene rings is 1. The van der Waals surface area contributed by atoms with E-state index in [0.717, 1.165) is 5.56 Å². The lowest BCUT2D eigenvalue weighted by molar-refractivity contribution is -0.129. The first-order valence-electron chi connectivity index (χ1n) is 5.84. The molecule has 0 aliphatic carbocycles. The van der Waals surface area contributed by atoms with Crippen LogP contribution in [0.1, 0.15) is 12.5 Å². The van der Waals surface area contributed by atoms with Crippen LogP contribution in [0.3, 0.4) is 0 Å². The van der Waals surface area contributed by atoms with Crippen LogP contribution in [0.2, 0.25) is 0 Å². The van der Waals surface area contributed by atoms with Crippen LogP contribution in [-0.4, -0.2) is 31.5 Å². The standard InChI is InChI=1S/C14H18N2O2/c1-11(9-15)10-16(2)14(17)8-12-6-4-5-7-13(12)18-3/h4-7,11H,8,10H2,1-3H3. The van der Waals surface area contributed by atoms with Gasteiger partial charge in [0, 0.05) is 19.2 Å². The molecule has 1 aromatic rings. The summed E-state index contributed by atoms with van der Waals surface area (Å²) in [5.74, 6) is 0.547. The van der Waals surface area contributed by atoms with Crippen molar-refractivity contribution in [2.24, 2.45) is 5.92 Å². The molecule has 1 amide bonds. The number of para-hydroxylation sites is 1. The monoisotopic (exact) mass is 246 g/mol. The topological polar surface area (TPSA) is 53.3 Å². The van der Waals surface area contributed by atoms with E-state index < -0.39 is 0 Å². The molecule has 4 nitrogen and oxygen atoms in total. The van der Waals surface area contributed by atoms with Crippen LogP contribution < -0.4 is 4.74 Å². The molecule has 0 saturated heterocycles. The Hall–Kier alpha value is -2.02. The van der Waals surface area contributed by atoms with Crippen molar-refractivity contribution in [2.75, 3.05) is 20.7 Å². The van der Waals surface area contributed by atoms with Gasteiger partial charge in [-0.2, -0.15) is 5.26 Å². The average molecular weight is 246 g/mol. The van der Waals surface area contributed by atoms with Gasteiger partial charge in [0.1, 0.15) is 5.75 Å². The SMILES string of the molecule is COc1ccccc1CC(=O)N(C)CC(C)C#N. The molecule has 1 unspecified atom stereocenters. The number of nitrogens with zero attached hydrogens (tertiary/aromatic N) is 2. The van der Waals surface area contributed by atoms with Gasteiger partial charge in [-0.25, -0.2) is 0 Å². The predicted molar refractivity (Wildman–Crippen MR) is 69.1 cm³/mol. The van der Waals surface area contributed by atoms with Gasteiger partial charge in [0.15, 0.2) is 0 Å². The molecular weight excluding hydrogens is 228 g/mol. The summed E-state index contributed by atoms with van der Waals surface area (Å²) >= 11 is 0. The summed E-state index contributed by atoms with van der Waals surface area (Å²) < 4.78 is 5.21. The van der Waals surface area contributed by atoms with Crippen molar-refractivity contribution >= 4 is 5.91 Å². The smallest absolute Gasteiger partial charge is 0.226 e. The summed E-state index contributed by atoms with van der Waals surface area (Å²) in [5.41, 5.74) is 0.862. The number of nitriles is 1. The van der Waals surface area contributed by atoms with Crippen LogP contribution in [0, 0.1) is 17.2 Å². The number of rotatable bonds is 5. The van der Waals surface area contributed by atoms with Gasteiger partial charge in [0.25, 0.3) is 0 Å². The Kier molecular flexibility index (Phi) is 5.19. The molecule has 4 heteroatoms. The van der Waals surface area contributed by atoms with Crippen molar-refractivity contribution in [1.82, 2.24) is 4.90 Å². The minimum atomic E-state index is -0.156. The van der Waals surface area contributed by atoms with Crippen LogP contribution >= 0.6 is 0 Å². The molecule has 0 fully saturated rings. The number of hydrogen-bond acceptors (Lipinski definition) is 3. The minimum Gasteiger partial charge on any atom is -0.496 e. The molecule has 1 atom stereocenters. The van der Waals surface area contributed by atoms with Crippen molar-refractivity contribution in [1.29, 1.82) is 5.26 Å². The minimum absolute atomic E-state index is 0.0124. The number of ether oxygens (including phenoxy) is 1. The van der Waals surface area contributed by atoms with Crippen molar-refractivity contribution in [3.8, 4) is 11.8 Å². The predicted octanol–water partition coefficient (Wildman–Crippen LogP) is 1.86. The fourth-order valence-electron chi connectivity index (χ4n) is 1.70. The third kappa shape index (κ3) is 3.77. The highest BCUT2D eigenvalue weighted by Crippen LogP contribution is 2.18. The van der Waals surface area contributed by atoms with Gasteiger partial charge in [-0.15, -0.1) is 0 Å². The van der Waals surface area contributed by atoms with E-state index in [1.807, 2.05) is 24.3 Å². The molecule has 0 aliphatic heterocycles. The van der Waals surface area contributed by atoms with E-state index in [0.29, 0.717) is 18.7 Å². The van der Waals surface area contributed by atoms with E-state index in [1.54, 1.807) is 26.0 Å². The van der Waals surface area contributed by atoms with E-state index in [1.165, 1.54) is 0 Å². The first kappa shape index (κ1) is 14.0. The highest BCUT2D eigenvalue weighted by molar-refractivity contribution is 5.79. The number of amides is 1. The Balaban J connectivity index is 2.67. The third-order valence-corrected chi connectivity index (χ3v) is 2.73. The first-order chi connectivity index (χ1) is 8.58. The maximum Gasteiger partial charge on any atom is 0.226 e.